The molecule has 0 spiro atoms. The standard InChI is InChI=1S/C16H32N2/c1-5-17-15(11-14-8-9-14)16(18(3)4)10-6-7-13(2)12-16/h13-15,17H,5-12H2,1-4H3. The molecule has 2 saturated carbocycles. The maximum atomic E-state index is 3.82. The maximum absolute atomic E-state index is 3.82. The van der Waals surface area contributed by atoms with Crippen molar-refractivity contribution in [3.63, 3.8) is 0 Å². The first-order valence-corrected chi connectivity index (χ1v) is 7.99. The van der Waals surface area contributed by atoms with Crippen molar-refractivity contribution in [2.24, 2.45) is 11.8 Å². The van der Waals surface area contributed by atoms with Crippen LogP contribution in [-0.4, -0.2) is 37.1 Å². The molecule has 0 amide bonds. The Morgan fingerprint density at radius 1 is 1.28 bits per heavy atom. The van der Waals surface area contributed by atoms with Gasteiger partial charge in [0.05, 0.1) is 0 Å². The van der Waals surface area contributed by atoms with Crippen LogP contribution in [0.5, 0.6) is 0 Å². The first-order valence-electron chi connectivity index (χ1n) is 7.99. The molecule has 3 unspecified atom stereocenters. The highest BCUT2D eigenvalue weighted by atomic mass is 15.2. The van der Waals surface area contributed by atoms with Gasteiger partial charge in [-0.05, 0) is 51.7 Å². The van der Waals surface area contributed by atoms with E-state index in [0.717, 1.165) is 18.4 Å². The van der Waals surface area contributed by atoms with Crippen LogP contribution in [0.15, 0.2) is 0 Å². The van der Waals surface area contributed by atoms with Gasteiger partial charge in [-0.2, -0.15) is 0 Å². The summed E-state index contributed by atoms with van der Waals surface area (Å²) >= 11 is 0. The molecule has 0 saturated heterocycles. The van der Waals surface area contributed by atoms with E-state index in [2.05, 4.69) is 38.2 Å². The lowest BCUT2D eigenvalue weighted by molar-refractivity contribution is 0.0329. The molecule has 0 aromatic rings. The molecule has 1 N–H and O–H groups in total. The highest BCUT2D eigenvalue weighted by Crippen LogP contribution is 2.43. The fourth-order valence-corrected chi connectivity index (χ4v) is 4.02. The Labute approximate surface area is 114 Å². The number of nitrogens with one attached hydrogen (secondary N) is 1. The van der Waals surface area contributed by atoms with Gasteiger partial charge in [0, 0.05) is 11.6 Å². The Morgan fingerprint density at radius 3 is 2.50 bits per heavy atom. The molecule has 2 heteroatoms. The highest BCUT2D eigenvalue weighted by molar-refractivity contribution is 5.03. The molecule has 0 bridgehead atoms. The quantitative estimate of drug-likeness (QED) is 0.780. The fourth-order valence-electron chi connectivity index (χ4n) is 4.02. The molecule has 0 heterocycles. The summed E-state index contributed by atoms with van der Waals surface area (Å²) in [7, 11) is 4.60. The number of hydrogen-bond donors (Lipinski definition) is 1. The van der Waals surface area contributed by atoms with E-state index in [1.165, 1.54) is 44.9 Å². The Kier molecular flexibility index (Phi) is 4.71. The van der Waals surface area contributed by atoms with Crippen molar-refractivity contribution in [1.29, 1.82) is 0 Å². The Hall–Kier alpha value is -0.0800. The Balaban J connectivity index is 2.12. The van der Waals surface area contributed by atoms with Gasteiger partial charge < -0.3 is 10.2 Å². The Morgan fingerprint density at radius 2 is 2.00 bits per heavy atom. The van der Waals surface area contributed by atoms with E-state index in [4.69, 9.17) is 0 Å². The zero-order valence-corrected chi connectivity index (χ0v) is 12.8. The van der Waals surface area contributed by atoms with Gasteiger partial charge in [-0.25, -0.2) is 0 Å². The Bertz CT molecular complexity index is 260. The molecule has 106 valence electrons. The summed E-state index contributed by atoms with van der Waals surface area (Å²) in [4.78, 5) is 2.54. The second kappa shape index (κ2) is 5.92. The molecular weight excluding hydrogens is 220 g/mol. The average molecular weight is 252 g/mol. The average Bonchev–Trinajstić information content (AvgIpc) is 3.12. The maximum Gasteiger partial charge on any atom is 0.0359 e. The van der Waals surface area contributed by atoms with Crippen LogP contribution in [0.3, 0.4) is 0 Å². The molecule has 2 aliphatic carbocycles. The van der Waals surface area contributed by atoms with E-state index in [0.29, 0.717) is 11.6 Å². The van der Waals surface area contributed by atoms with Crippen LogP contribution in [0, 0.1) is 11.8 Å². The lowest BCUT2D eigenvalue weighted by Crippen LogP contribution is -2.61. The molecule has 0 aromatic carbocycles. The zero-order valence-electron chi connectivity index (χ0n) is 12.8. The SMILES string of the molecule is CCNC(CC1CC1)C1(N(C)C)CCCC(C)C1. The normalized spacial score (nSPS) is 34.8. The van der Waals surface area contributed by atoms with Crippen LogP contribution >= 0.6 is 0 Å². The second-order valence-corrected chi connectivity index (χ2v) is 6.99. The predicted molar refractivity (Wildman–Crippen MR) is 78.9 cm³/mol. The molecule has 2 nitrogen and oxygen atoms in total. The topological polar surface area (TPSA) is 15.3 Å². The molecule has 2 aliphatic rings. The molecule has 2 rings (SSSR count). The summed E-state index contributed by atoms with van der Waals surface area (Å²) < 4.78 is 0. The van der Waals surface area contributed by atoms with E-state index < -0.39 is 0 Å². The lowest BCUT2D eigenvalue weighted by atomic mass is 9.70. The second-order valence-electron chi connectivity index (χ2n) is 6.99. The number of hydrogen-bond acceptors (Lipinski definition) is 2. The van der Waals surface area contributed by atoms with Crippen molar-refractivity contribution in [2.75, 3.05) is 20.6 Å². The van der Waals surface area contributed by atoms with Gasteiger partial charge in [-0.1, -0.05) is 39.5 Å². The van der Waals surface area contributed by atoms with Crippen LogP contribution in [0.2, 0.25) is 0 Å². The van der Waals surface area contributed by atoms with Gasteiger partial charge in [-0.15, -0.1) is 0 Å². The summed E-state index contributed by atoms with van der Waals surface area (Å²) in [6.45, 7) is 5.81. The fraction of sp³-hybridized carbons (Fsp3) is 1.00. The summed E-state index contributed by atoms with van der Waals surface area (Å²) in [5, 5.41) is 3.82. The predicted octanol–water partition coefficient (Wildman–Crippen LogP) is 3.28. The molecule has 18 heavy (non-hydrogen) atoms. The monoisotopic (exact) mass is 252 g/mol. The van der Waals surface area contributed by atoms with Crippen molar-refractivity contribution in [1.82, 2.24) is 10.2 Å². The van der Waals surface area contributed by atoms with Crippen molar-refractivity contribution in [3.05, 3.63) is 0 Å². The van der Waals surface area contributed by atoms with Gasteiger partial charge >= 0.3 is 0 Å². The van der Waals surface area contributed by atoms with Gasteiger partial charge in [0.25, 0.3) is 0 Å². The molecule has 0 radical (unpaired) electrons. The molecule has 0 aromatic heterocycles. The van der Waals surface area contributed by atoms with E-state index in [-0.39, 0.29) is 0 Å². The minimum Gasteiger partial charge on any atom is -0.312 e. The first-order chi connectivity index (χ1) is 8.58. The van der Waals surface area contributed by atoms with E-state index >= 15 is 0 Å². The van der Waals surface area contributed by atoms with Crippen molar-refractivity contribution >= 4 is 0 Å². The van der Waals surface area contributed by atoms with Gasteiger partial charge in [0.2, 0.25) is 0 Å². The molecule has 0 aliphatic heterocycles. The largest absolute Gasteiger partial charge is 0.312 e. The summed E-state index contributed by atoms with van der Waals surface area (Å²) in [6.07, 6.45) is 9.95. The van der Waals surface area contributed by atoms with E-state index in [1.54, 1.807) is 0 Å². The minimum absolute atomic E-state index is 0.413. The molecule has 2 fully saturated rings. The van der Waals surface area contributed by atoms with E-state index in [9.17, 15) is 0 Å². The van der Waals surface area contributed by atoms with Crippen LogP contribution in [0.4, 0.5) is 0 Å². The van der Waals surface area contributed by atoms with Crippen LogP contribution < -0.4 is 5.32 Å². The third-order valence-corrected chi connectivity index (χ3v) is 5.26. The first kappa shape index (κ1) is 14.3. The number of rotatable bonds is 6. The molecule has 3 atom stereocenters. The summed E-state index contributed by atoms with van der Waals surface area (Å²) in [5.41, 5.74) is 0.413. The van der Waals surface area contributed by atoms with Gasteiger partial charge in [0.1, 0.15) is 0 Å². The molecular formula is C16H32N2. The summed E-state index contributed by atoms with van der Waals surface area (Å²) in [6, 6.07) is 0.702. The number of likely N-dealkylation sites (N-methyl/N-ethyl adjacent to an activating group) is 2. The van der Waals surface area contributed by atoms with Gasteiger partial charge in [0.15, 0.2) is 0 Å². The van der Waals surface area contributed by atoms with E-state index in [1.807, 2.05) is 0 Å². The zero-order chi connectivity index (χ0) is 13.2. The summed E-state index contributed by atoms with van der Waals surface area (Å²) in [5.74, 6) is 1.91. The van der Waals surface area contributed by atoms with Gasteiger partial charge in [-0.3, -0.25) is 0 Å². The lowest BCUT2D eigenvalue weighted by Gasteiger charge is -2.50. The smallest absolute Gasteiger partial charge is 0.0359 e. The minimum atomic E-state index is 0.413. The highest BCUT2D eigenvalue weighted by Gasteiger charge is 2.44. The number of nitrogens with zero attached hydrogens (tertiary/aromatic N) is 1. The van der Waals surface area contributed by atoms with Crippen molar-refractivity contribution in [3.8, 4) is 0 Å². The van der Waals surface area contributed by atoms with Crippen LogP contribution in [0.1, 0.15) is 58.8 Å². The third kappa shape index (κ3) is 3.08. The van der Waals surface area contributed by atoms with Crippen molar-refractivity contribution < 1.29 is 0 Å². The van der Waals surface area contributed by atoms with Crippen LogP contribution in [0.25, 0.3) is 0 Å². The van der Waals surface area contributed by atoms with Crippen LogP contribution in [-0.2, 0) is 0 Å². The van der Waals surface area contributed by atoms with Crippen molar-refractivity contribution in [2.45, 2.75) is 70.4 Å². The third-order valence-electron chi connectivity index (χ3n) is 5.26.